The smallest absolute Gasteiger partial charge is 0.0688 e. The van der Waals surface area contributed by atoms with E-state index in [4.69, 9.17) is 4.74 Å². The van der Waals surface area contributed by atoms with E-state index >= 15 is 0 Å². The predicted molar refractivity (Wildman–Crippen MR) is 68.5 cm³/mol. The number of alkyl halides is 1. The van der Waals surface area contributed by atoms with Gasteiger partial charge in [-0.25, -0.2) is 0 Å². The van der Waals surface area contributed by atoms with Gasteiger partial charge in [-0.3, -0.25) is 0 Å². The molecule has 0 aromatic carbocycles. The van der Waals surface area contributed by atoms with Crippen molar-refractivity contribution in [1.82, 2.24) is 0 Å². The lowest BCUT2D eigenvalue weighted by atomic mass is 9.76. The molecule has 0 aliphatic heterocycles. The molecule has 0 aliphatic rings. The predicted octanol–water partition coefficient (Wildman–Crippen LogP) is 3.36. The molecule has 2 nitrogen and oxygen atoms in total. The first-order valence-corrected chi connectivity index (χ1v) is 6.81. The minimum absolute atomic E-state index is 0.122. The van der Waals surface area contributed by atoms with Crippen molar-refractivity contribution in [3.05, 3.63) is 0 Å². The minimum atomic E-state index is -0.330. The average molecular weight is 281 g/mol. The molecule has 0 rings (SSSR count). The van der Waals surface area contributed by atoms with Gasteiger partial charge >= 0.3 is 0 Å². The molecule has 2 atom stereocenters. The number of hydrogen-bond acceptors (Lipinski definition) is 2. The largest absolute Gasteiger partial charge is 0.392 e. The van der Waals surface area contributed by atoms with Crippen molar-refractivity contribution in [3.63, 3.8) is 0 Å². The Morgan fingerprint density at radius 1 is 1.27 bits per heavy atom. The van der Waals surface area contributed by atoms with Crippen molar-refractivity contribution in [3.8, 4) is 0 Å². The quantitative estimate of drug-likeness (QED) is 0.725. The van der Waals surface area contributed by atoms with Gasteiger partial charge in [-0.05, 0) is 32.1 Å². The van der Waals surface area contributed by atoms with Crippen molar-refractivity contribution in [2.24, 2.45) is 5.41 Å². The van der Waals surface area contributed by atoms with Crippen molar-refractivity contribution >= 4 is 15.9 Å². The maximum absolute atomic E-state index is 9.91. The third kappa shape index (κ3) is 4.83. The summed E-state index contributed by atoms with van der Waals surface area (Å²) in [6.45, 7) is 11.2. The van der Waals surface area contributed by atoms with Gasteiger partial charge in [-0.2, -0.15) is 0 Å². The van der Waals surface area contributed by atoms with Crippen LogP contribution in [0.25, 0.3) is 0 Å². The fourth-order valence-electron chi connectivity index (χ4n) is 1.92. The Bertz CT molecular complexity index is 180. The third-order valence-corrected chi connectivity index (χ3v) is 3.73. The van der Waals surface area contributed by atoms with Crippen molar-refractivity contribution in [2.45, 2.75) is 59.2 Å². The second kappa shape index (κ2) is 6.21. The lowest BCUT2D eigenvalue weighted by Crippen LogP contribution is -2.40. The fraction of sp³-hybridized carbons (Fsp3) is 1.00. The van der Waals surface area contributed by atoms with Crippen LogP contribution in [0, 0.1) is 5.41 Å². The zero-order chi connectivity index (χ0) is 12.1. The lowest BCUT2D eigenvalue weighted by molar-refractivity contribution is -0.0767. The first kappa shape index (κ1) is 15.4. The van der Waals surface area contributed by atoms with Gasteiger partial charge < -0.3 is 9.84 Å². The van der Waals surface area contributed by atoms with Crippen LogP contribution in [0.4, 0.5) is 0 Å². The maximum Gasteiger partial charge on any atom is 0.0688 e. The maximum atomic E-state index is 9.91. The molecule has 0 amide bonds. The molecule has 3 heteroatoms. The topological polar surface area (TPSA) is 29.5 Å². The number of aliphatic hydroxyl groups is 1. The number of rotatable bonds is 7. The Kier molecular flexibility index (Phi) is 6.38. The lowest BCUT2D eigenvalue weighted by Gasteiger charge is -2.39. The Morgan fingerprint density at radius 3 is 2.13 bits per heavy atom. The van der Waals surface area contributed by atoms with Crippen LogP contribution in [0.15, 0.2) is 0 Å². The van der Waals surface area contributed by atoms with E-state index in [9.17, 15) is 5.11 Å². The summed E-state index contributed by atoms with van der Waals surface area (Å²) in [5, 5.41) is 10.5. The summed E-state index contributed by atoms with van der Waals surface area (Å²) in [6, 6.07) is 0. The second-order valence-electron chi connectivity index (χ2n) is 5.07. The summed E-state index contributed by atoms with van der Waals surface area (Å²) in [4.78, 5) is 0. The number of hydrogen-bond donors (Lipinski definition) is 1. The molecule has 1 N–H and O–H groups in total. The van der Waals surface area contributed by atoms with Crippen LogP contribution in [0.2, 0.25) is 0 Å². The summed E-state index contributed by atoms with van der Waals surface area (Å²) < 4.78 is 5.78. The molecule has 0 aromatic heterocycles. The van der Waals surface area contributed by atoms with Gasteiger partial charge in [0.25, 0.3) is 0 Å². The fourth-order valence-corrected chi connectivity index (χ4v) is 2.79. The summed E-state index contributed by atoms with van der Waals surface area (Å²) in [5.41, 5.74) is -0.245. The number of halogens is 1. The molecule has 2 unspecified atom stereocenters. The highest BCUT2D eigenvalue weighted by Crippen LogP contribution is 2.35. The number of ether oxygens (including phenoxy) is 1. The molecule has 0 heterocycles. The molecule has 15 heavy (non-hydrogen) atoms. The van der Waals surface area contributed by atoms with Crippen molar-refractivity contribution in [1.29, 1.82) is 0 Å². The van der Waals surface area contributed by atoms with Gasteiger partial charge in [0.1, 0.15) is 0 Å². The van der Waals surface area contributed by atoms with Gasteiger partial charge in [0.15, 0.2) is 0 Å². The Hall–Kier alpha value is 0.400. The molecular formula is C12H25BrO2. The average Bonchev–Trinajstić information content (AvgIpc) is 2.16. The summed E-state index contributed by atoms with van der Waals surface area (Å²) in [7, 11) is 0. The standard InChI is InChI=1S/C12H25BrO2/c1-6-12(5,15-7-2)9-11(3,4)10(14)8-13/h10,14H,6-9H2,1-5H3. The van der Waals surface area contributed by atoms with Crippen LogP contribution in [0.5, 0.6) is 0 Å². The van der Waals surface area contributed by atoms with Gasteiger partial charge in [-0.15, -0.1) is 0 Å². The monoisotopic (exact) mass is 280 g/mol. The first-order valence-electron chi connectivity index (χ1n) is 5.69. The highest BCUT2D eigenvalue weighted by atomic mass is 79.9. The van der Waals surface area contributed by atoms with Gasteiger partial charge in [0.2, 0.25) is 0 Å². The molecule has 0 fully saturated rings. The van der Waals surface area contributed by atoms with Crippen LogP contribution in [-0.4, -0.2) is 28.7 Å². The number of aliphatic hydroxyl groups excluding tert-OH is 1. The zero-order valence-electron chi connectivity index (χ0n) is 10.6. The molecule has 0 saturated heterocycles. The Labute approximate surface area is 103 Å². The molecule has 0 aliphatic carbocycles. The molecule has 0 radical (unpaired) electrons. The van der Waals surface area contributed by atoms with E-state index in [1.807, 2.05) is 6.92 Å². The van der Waals surface area contributed by atoms with Crippen LogP contribution >= 0.6 is 15.9 Å². The first-order chi connectivity index (χ1) is 6.81. The second-order valence-corrected chi connectivity index (χ2v) is 5.72. The van der Waals surface area contributed by atoms with Gasteiger partial charge in [0.05, 0.1) is 11.7 Å². The Balaban J connectivity index is 4.51. The van der Waals surface area contributed by atoms with E-state index in [1.165, 1.54) is 0 Å². The van der Waals surface area contributed by atoms with E-state index in [0.717, 1.165) is 19.4 Å². The summed E-state index contributed by atoms with van der Waals surface area (Å²) in [5.74, 6) is 0. The van der Waals surface area contributed by atoms with Crippen molar-refractivity contribution < 1.29 is 9.84 Å². The SMILES string of the molecule is CCOC(C)(CC)CC(C)(C)C(O)CBr. The van der Waals surface area contributed by atoms with E-state index in [0.29, 0.717) is 5.33 Å². The van der Waals surface area contributed by atoms with E-state index < -0.39 is 0 Å². The molecule has 0 saturated carbocycles. The molecular weight excluding hydrogens is 256 g/mol. The zero-order valence-corrected chi connectivity index (χ0v) is 12.2. The normalized spacial score (nSPS) is 18.6. The van der Waals surface area contributed by atoms with Crippen molar-refractivity contribution in [2.75, 3.05) is 11.9 Å². The highest BCUT2D eigenvalue weighted by Gasteiger charge is 2.36. The molecule has 0 bridgehead atoms. The third-order valence-electron chi connectivity index (χ3n) is 3.12. The minimum Gasteiger partial charge on any atom is -0.392 e. The van der Waals surface area contributed by atoms with E-state index in [2.05, 4.69) is 43.6 Å². The van der Waals surface area contributed by atoms with Crippen LogP contribution in [0.3, 0.4) is 0 Å². The molecule has 92 valence electrons. The summed E-state index contributed by atoms with van der Waals surface area (Å²) >= 11 is 3.33. The van der Waals surface area contributed by atoms with Crippen LogP contribution in [-0.2, 0) is 4.74 Å². The van der Waals surface area contributed by atoms with Crippen LogP contribution in [0.1, 0.15) is 47.5 Å². The van der Waals surface area contributed by atoms with Gasteiger partial charge in [-0.1, -0.05) is 36.7 Å². The van der Waals surface area contributed by atoms with E-state index in [1.54, 1.807) is 0 Å². The summed E-state index contributed by atoms with van der Waals surface area (Å²) in [6.07, 6.45) is 1.51. The van der Waals surface area contributed by atoms with E-state index in [-0.39, 0.29) is 17.1 Å². The van der Waals surface area contributed by atoms with Crippen LogP contribution < -0.4 is 0 Å². The molecule has 0 aromatic rings. The Morgan fingerprint density at radius 2 is 1.80 bits per heavy atom. The van der Waals surface area contributed by atoms with Gasteiger partial charge in [0, 0.05) is 11.9 Å². The molecule has 0 spiro atoms. The highest BCUT2D eigenvalue weighted by molar-refractivity contribution is 9.09.